The number of anilines is 1. The van der Waals surface area contributed by atoms with Crippen molar-refractivity contribution in [2.45, 2.75) is 17.9 Å². The van der Waals surface area contributed by atoms with E-state index in [1.54, 1.807) is 6.07 Å². The first-order chi connectivity index (χ1) is 9.89. The van der Waals surface area contributed by atoms with Crippen molar-refractivity contribution >= 4 is 58.9 Å². The van der Waals surface area contributed by atoms with Crippen LogP contribution in [0.1, 0.15) is 11.1 Å². The van der Waals surface area contributed by atoms with E-state index in [9.17, 15) is 8.42 Å². The zero-order valence-electron chi connectivity index (χ0n) is 10.8. The van der Waals surface area contributed by atoms with Crippen LogP contribution < -0.4 is 5.73 Å². The summed E-state index contributed by atoms with van der Waals surface area (Å²) >= 11 is 8.01. The molecule has 112 valence electrons. The Hall–Kier alpha value is -0.410. The Labute approximate surface area is 144 Å². The lowest BCUT2D eigenvalue weighted by atomic mass is 9.99. The molecule has 0 unspecified atom stereocenters. The maximum absolute atomic E-state index is 12.8. The Morgan fingerprint density at radius 3 is 2.71 bits per heavy atom. The quantitative estimate of drug-likeness (QED) is 0.709. The number of rotatable bonds is 2. The number of thiophene rings is 1. The summed E-state index contributed by atoms with van der Waals surface area (Å²) in [6, 6.07) is 7.29. The highest BCUT2D eigenvalue weighted by molar-refractivity contribution is 9.12. The third-order valence-electron chi connectivity index (χ3n) is 3.51. The Morgan fingerprint density at radius 1 is 1.29 bits per heavy atom. The average Bonchev–Trinajstić information content (AvgIpc) is 2.78. The van der Waals surface area contributed by atoms with E-state index in [-0.39, 0.29) is 0 Å². The molecule has 0 saturated carbocycles. The standard InChI is InChI=1S/C13H12Br2N2O2S2/c14-12-6-11(13(15)20-12)21(18,19)17-5-4-9-8(7-17)2-1-3-10(9)16/h1-3,6H,4-5,7,16H2. The molecule has 0 amide bonds. The number of hydrogen-bond acceptors (Lipinski definition) is 4. The average molecular weight is 452 g/mol. The second kappa shape index (κ2) is 5.66. The second-order valence-corrected chi connectivity index (χ2v) is 10.4. The van der Waals surface area contributed by atoms with Gasteiger partial charge < -0.3 is 5.73 Å². The lowest BCUT2D eigenvalue weighted by Gasteiger charge is -2.28. The summed E-state index contributed by atoms with van der Waals surface area (Å²) in [6.07, 6.45) is 0.643. The van der Waals surface area contributed by atoms with E-state index < -0.39 is 10.0 Å². The molecule has 2 N–H and O–H groups in total. The number of halogens is 2. The molecule has 8 heteroatoms. The molecule has 21 heavy (non-hydrogen) atoms. The summed E-state index contributed by atoms with van der Waals surface area (Å²) in [5.41, 5.74) is 8.74. The maximum atomic E-state index is 12.8. The van der Waals surface area contributed by atoms with Crippen molar-refractivity contribution in [1.29, 1.82) is 0 Å². The van der Waals surface area contributed by atoms with Gasteiger partial charge in [0.05, 0.1) is 7.57 Å². The zero-order valence-corrected chi connectivity index (χ0v) is 15.6. The van der Waals surface area contributed by atoms with Gasteiger partial charge >= 0.3 is 0 Å². The number of nitrogen functional groups attached to an aromatic ring is 1. The van der Waals surface area contributed by atoms with E-state index in [0.29, 0.717) is 28.2 Å². The molecule has 3 rings (SSSR count). The zero-order chi connectivity index (χ0) is 15.2. The highest BCUT2D eigenvalue weighted by Crippen LogP contribution is 2.37. The fourth-order valence-corrected chi connectivity index (χ4v) is 7.64. The van der Waals surface area contributed by atoms with Gasteiger partial charge in [-0.25, -0.2) is 8.42 Å². The van der Waals surface area contributed by atoms with Crippen LogP contribution >= 0.6 is 43.2 Å². The van der Waals surface area contributed by atoms with Gasteiger partial charge in [0.15, 0.2) is 0 Å². The SMILES string of the molecule is Nc1cccc2c1CCN(S(=O)(=O)c1cc(Br)sc1Br)C2. The smallest absolute Gasteiger partial charge is 0.245 e. The predicted molar refractivity (Wildman–Crippen MR) is 91.9 cm³/mol. The van der Waals surface area contributed by atoms with Crippen LogP contribution in [0.15, 0.2) is 36.7 Å². The summed E-state index contributed by atoms with van der Waals surface area (Å²) in [5.74, 6) is 0. The fourth-order valence-electron chi connectivity index (χ4n) is 2.46. The molecule has 0 radical (unpaired) electrons. The van der Waals surface area contributed by atoms with Crippen molar-refractivity contribution in [1.82, 2.24) is 4.31 Å². The third kappa shape index (κ3) is 2.79. The Bertz CT molecular complexity index is 802. The molecule has 2 aromatic rings. The molecular formula is C13H12Br2N2O2S2. The van der Waals surface area contributed by atoms with Crippen LogP contribution in [-0.2, 0) is 23.0 Å². The predicted octanol–water partition coefficient (Wildman–Crippen LogP) is 3.60. The Kier molecular flexibility index (Phi) is 4.17. The first kappa shape index (κ1) is 15.5. The Balaban J connectivity index is 1.97. The summed E-state index contributed by atoms with van der Waals surface area (Å²) in [4.78, 5) is 0.312. The summed E-state index contributed by atoms with van der Waals surface area (Å²) < 4.78 is 28.4. The highest BCUT2D eigenvalue weighted by atomic mass is 79.9. The van der Waals surface area contributed by atoms with Gasteiger partial charge in [-0.2, -0.15) is 4.31 Å². The van der Waals surface area contributed by atoms with Crippen molar-refractivity contribution in [2.75, 3.05) is 12.3 Å². The molecule has 1 aliphatic heterocycles. The monoisotopic (exact) mass is 450 g/mol. The largest absolute Gasteiger partial charge is 0.398 e. The molecule has 0 spiro atoms. The minimum Gasteiger partial charge on any atom is -0.398 e. The van der Waals surface area contributed by atoms with Gasteiger partial charge in [0.25, 0.3) is 0 Å². The molecule has 2 heterocycles. The van der Waals surface area contributed by atoms with Crippen molar-refractivity contribution in [3.05, 3.63) is 43.0 Å². The van der Waals surface area contributed by atoms with E-state index in [1.165, 1.54) is 15.6 Å². The van der Waals surface area contributed by atoms with Crippen LogP contribution in [0.2, 0.25) is 0 Å². The molecule has 1 aromatic heterocycles. The van der Waals surface area contributed by atoms with Crippen molar-refractivity contribution in [2.24, 2.45) is 0 Å². The molecule has 0 bridgehead atoms. The summed E-state index contributed by atoms with van der Waals surface area (Å²) in [6.45, 7) is 0.812. The maximum Gasteiger partial charge on any atom is 0.245 e. The van der Waals surface area contributed by atoms with Crippen molar-refractivity contribution in [3.8, 4) is 0 Å². The van der Waals surface area contributed by atoms with Gasteiger partial charge in [-0.05, 0) is 61.5 Å². The molecular weight excluding hydrogens is 440 g/mol. The summed E-state index contributed by atoms with van der Waals surface area (Å²) in [7, 11) is -3.50. The van der Waals surface area contributed by atoms with Crippen LogP contribution in [0.3, 0.4) is 0 Å². The van der Waals surface area contributed by atoms with E-state index in [4.69, 9.17) is 5.73 Å². The van der Waals surface area contributed by atoms with E-state index in [2.05, 4.69) is 31.9 Å². The van der Waals surface area contributed by atoms with E-state index >= 15 is 0 Å². The summed E-state index contributed by atoms with van der Waals surface area (Å²) in [5, 5.41) is 0. The molecule has 0 aliphatic carbocycles. The number of sulfonamides is 1. The number of nitrogens with zero attached hydrogens (tertiary/aromatic N) is 1. The normalized spacial score (nSPS) is 15.9. The number of nitrogens with two attached hydrogens (primary N) is 1. The number of fused-ring (bicyclic) bond motifs is 1. The number of benzene rings is 1. The van der Waals surface area contributed by atoms with Gasteiger partial charge in [0.1, 0.15) is 4.90 Å². The lowest BCUT2D eigenvalue weighted by Crippen LogP contribution is -2.36. The topological polar surface area (TPSA) is 63.4 Å². The van der Waals surface area contributed by atoms with Crippen molar-refractivity contribution in [3.63, 3.8) is 0 Å². The first-order valence-electron chi connectivity index (χ1n) is 6.21. The number of hydrogen-bond donors (Lipinski definition) is 1. The minimum absolute atomic E-state index is 0.312. The lowest BCUT2D eigenvalue weighted by molar-refractivity contribution is 0.392. The van der Waals surface area contributed by atoms with E-state index in [0.717, 1.165) is 20.6 Å². The van der Waals surface area contributed by atoms with Crippen LogP contribution in [0.4, 0.5) is 5.69 Å². The molecule has 4 nitrogen and oxygen atoms in total. The van der Waals surface area contributed by atoms with Crippen LogP contribution in [0.25, 0.3) is 0 Å². The molecule has 0 fully saturated rings. The van der Waals surface area contributed by atoms with Gasteiger partial charge in [-0.1, -0.05) is 12.1 Å². The fraction of sp³-hybridized carbons (Fsp3) is 0.231. The molecule has 0 atom stereocenters. The molecule has 1 aromatic carbocycles. The van der Waals surface area contributed by atoms with Gasteiger partial charge in [0, 0.05) is 18.8 Å². The molecule has 1 aliphatic rings. The van der Waals surface area contributed by atoms with Gasteiger partial charge in [0.2, 0.25) is 10.0 Å². The van der Waals surface area contributed by atoms with Crippen LogP contribution in [-0.4, -0.2) is 19.3 Å². The third-order valence-corrected chi connectivity index (χ3v) is 8.11. The van der Waals surface area contributed by atoms with Gasteiger partial charge in [-0.15, -0.1) is 11.3 Å². The Morgan fingerprint density at radius 2 is 2.05 bits per heavy atom. The van der Waals surface area contributed by atoms with Crippen LogP contribution in [0.5, 0.6) is 0 Å². The minimum atomic E-state index is -3.50. The molecule has 0 saturated heterocycles. The second-order valence-electron chi connectivity index (χ2n) is 4.76. The van der Waals surface area contributed by atoms with Crippen LogP contribution in [0, 0.1) is 0 Å². The first-order valence-corrected chi connectivity index (χ1v) is 10.0. The van der Waals surface area contributed by atoms with Crippen molar-refractivity contribution < 1.29 is 8.42 Å². The highest BCUT2D eigenvalue weighted by Gasteiger charge is 2.31. The van der Waals surface area contributed by atoms with E-state index in [1.807, 2.05) is 18.2 Å². The van der Waals surface area contributed by atoms with Gasteiger partial charge in [-0.3, -0.25) is 0 Å².